The quantitative estimate of drug-likeness (QED) is 0.576. The molecule has 2 aromatic heterocycles. The predicted molar refractivity (Wildman–Crippen MR) is 99.5 cm³/mol. The molecule has 0 amide bonds. The van der Waals surface area contributed by atoms with Crippen LogP contribution >= 0.6 is 0 Å². The zero-order valence-corrected chi connectivity index (χ0v) is 13.6. The van der Waals surface area contributed by atoms with Crippen molar-refractivity contribution in [1.82, 2.24) is 9.38 Å². The van der Waals surface area contributed by atoms with Crippen molar-refractivity contribution in [3.63, 3.8) is 0 Å². The van der Waals surface area contributed by atoms with Gasteiger partial charge in [0.2, 0.25) is 0 Å². The maximum atomic E-state index is 12.5. The minimum atomic E-state index is 0.0919. The van der Waals surface area contributed by atoms with Gasteiger partial charge in [-0.1, -0.05) is 66.7 Å². The van der Waals surface area contributed by atoms with Gasteiger partial charge in [0, 0.05) is 23.7 Å². The molecule has 0 spiro atoms. The van der Waals surface area contributed by atoms with Gasteiger partial charge in [0.05, 0.1) is 5.69 Å². The largest absolute Gasteiger partial charge is 0.382 e. The number of hydrogen-bond acceptors (Lipinski definition) is 3. The first-order chi connectivity index (χ1) is 12.2. The Hall–Kier alpha value is -3.40. The summed E-state index contributed by atoms with van der Waals surface area (Å²) in [4.78, 5) is 16.9. The number of aromatic nitrogens is 2. The molecule has 122 valence electrons. The number of fused-ring (bicyclic) bond motifs is 1. The second-order valence-corrected chi connectivity index (χ2v) is 5.94. The lowest BCUT2D eigenvalue weighted by Gasteiger charge is -2.06. The average molecular weight is 327 g/mol. The molecule has 2 heterocycles. The van der Waals surface area contributed by atoms with Crippen molar-refractivity contribution in [2.45, 2.75) is 6.42 Å². The third-order valence-corrected chi connectivity index (χ3v) is 4.21. The summed E-state index contributed by atoms with van der Waals surface area (Å²) in [6, 6.07) is 23.1. The van der Waals surface area contributed by atoms with E-state index in [1.54, 1.807) is 0 Å². The average Bonchev–Trinajstić information content (AvgIpc) is 2.98. The number of rotatable bonds is 4. The lowest BCUT2D eigenvalue weighted by Crippen LogP contribution is -2.04. The van der Waals surface area contributed by atoms with Crippen molar-refractivity contribution < 1.29 is 4.79 Å². The first-order valence-electron chi connectivity index (χ1n) is 8.12. The summed E-state index contributed by atoms with van der Waals surface area (Å²) >= 11 is 0. The standard InChI is InChI=1S/C21H17N3O/c22-21-20(17-9-5-2-6-10-17)24-14-15(11-12-19(24)23-21)13-18(25)16-7-3-1-4-8-16/h1-12,14H,13,22H2. The van der Waals surface area contributed by atoms with Crippen LogP contribution in [-0.4, -0.2) is 15.2 Å². The number of ketones is 1. The number of Topliss-reactive ketones (excluding diaryl/α,β-unsaturated/α-hetero) is 1. The Kier molecular flexibility index (Phi) is 3.78. The number of imidazole rings is 1. The van der Waals surface area contributed by atoms with E-state index in [9.17, 15) is 4.79 Å². The molecule has 0 saturated carbocycles. The normalized spacial score (nSPS) is 10.9. The van der Waals surface area contributed by atoms with Crippen LogP contribution in [0.5, 0.6) is 0 Å². The van der Waals surface area contributed by atoms with Crippen molar-refractivity contribution in [3.05, 3.63) is 90.1 Å². The number of pyridine rings is 1. The summed E-state index contributed by atoms with van der Waals surface area (Å²) in [5, 5.41) is 0. The van der Waals surface area contributed by atoms with Crippen LogP contribution in [0.15, 0.2) is 79.0 Å². The Balaban J connectivity index is 1.74. The molecule has 0 aliphatic rings. The number of nitrogen functional groups attached to an aromatic ring is 1. The molecule has 4 aromatic rings. The van der Waals surface area contributed by atoms with E-state index in [4.69, 9.17) is 5.73 Å². The van der Waals surface area contributed by atoms with E-state index < -0.39 is 0 Å². The first-order valence-corrected chi connectivity index (χ1v) is 8.12. The fourth-order valence-corrected chi connectivity index (χ4v) is 3.01. The van der Waals surface area contributed by atoms with Crippen LogP contribution in [0.3, 0.4) is 0 Å². The van der Waals surface area contributed by atoms with Gasteiger partial charge in [-0.2, -0.15) is 0 Å². The molecule has 0 bridgehead atoms. The molecule has 0 atom stereocenters. The highest BCUT2D eigenvalue weighted by molar-refractivity contribution is 5.97. The van der Waals surface area contributed by atoms with Crippen molar-refractivity contribution in [1.29, 1.82) is 0 Å². The van der Waals surface area contributed by atoms with Gasteiger partial charge in [0.15, 0.2) is 11.6 Å². The molecule has 0 radical (unpaired) electrons. The summed E-state index contributed by atoms with van der Waals surface area (Å²) in [6.07, 6.45) is 2.29. The smallest absolute Gasteiger partial charge is 0.167 e. The lowest BCUT2D eigenvalue weighted by atomic mass is 10.0. The summed E-state index contributed by atoms with van der Waals surface area (Å²) in [5.74, 6) is 0.576. The summed E-state index contributed by atoms with van der Waals surface area (Å²) in [5.41, 5.74) is 10.4. The van der Waals surface area contributed by atoms with Gasteiger partial charge in [0.1, 0.15) is 5.65 Å². The molecule has 0 aliphatic carbocycles. The fourth-order valence-electron chi connectivity index (χ4n) is 3.01. The van der Waals surface area contributed by atoms with Crippen molar-refractivity contribution in [2.75, 3.05) is 5.73 Å². The van der Waals surface area contributed by atoms with Gasteiger partial charge in [0.25, 0.3) is 0 Å². The van der Waals surface area contributed by atoms with E-state index in [0.29, 0.717) is 12.2 Å². The molecule has 4 rings (SSSR count). The highest BCUT2D eigenvalue weighted by Gasteiger charge is 2.13. The van der Waals surface area contributed by atoms with Crippen LogP contribution in [0.2, 0.25) is 0 Å². The lowest BCUT2D eigenvalue weighted by molar-refractivity contribution is 0.0993. The molecule has 0 saturated heterocycles. The molecule has 4 heteroatoms. The van der Waals surface area contributed by atoms with Crippen molar-refractivity contribution >= 4 is 17.2 Å². The Bertz CT molecular complexity index is 1040. The van der Waals surface area contributed by atoms with Crippen LogP contribution in [0, 0.1) is 0 Å². The van der Waals surface area contributed by atoms with Crippen LogP contribution < -0.4 is 5.73 Å². The molecule has 0 unspecified atom stereocenters. The number of nitrogens with two attached hydrogens (primary N) is 1. The zero-order valence-electron chi connectivity index (χ0n) is 13.6. The number of carbonyl (C=O) groups excluding carboxylic acids is 1. The minimum absolute atomic E-state index is 0.0919. The second-order valence-electron chi connectivity index (χ2n) is 5.94. The van der Waals surface area contributed by atoms with Crippen LogP contribution in [0.1, 0.15) is 15.9 Å². The Morgan fingerprint density at radius 3 is 2.32 bits per heavy atom. The number of nitrogens with zero attached hydrogens (tertiary/aromatic N) is 2. The van der Waals surface area contributed by atoms with E-state index in [0.717, 1.165) is 28.0 Å². The zero-order chi connectivity index (χ0) is 17.2. The van der Waals surface area contributed by atoms with Gasteiger partial charge in [-0.3, -0.25) is 9.20 Å². The predicted octanol–water partition coefficient (Wildman–Crippen LogP) is 4.01. The third-order valence-electron chi connectivity index (χ3n) is 4.21. The summed E-state index contributed by atoms with van der Waals surface area (Å²) in [7, 11) is 0. The summed E-state index contributed by atoms with van der Waals surface area (Å²) in [6.45, 7) is 0. The van der Waals surface area contributed by atoms with E-state index in [-0.39, 0.29) is 5.78 Å². The summed E-state index contributed by atoms with van der Waals surface area (Å²) < 4.78 is 1.96. The molecule has 4 nitrogen and oxygen atoms in total. The fraction of sp³-hybridized carbons (Fsp3) is 0.0476. The number of carbonyl (C=O) groups is 1. The van der Waals surface area contributed by atoms with Gasteiger partial charge < -0.3 is 5.73 Å². The maximum Gasteiger partial charge on any atom is 0.167 e. The topological polar surface area (TPSA) is 60.4 Å². The SMILES string of the molecule is Nc1nc2ccc(CC(=O)c3ccccc3)cn2c1-c1ccccc1. The molecule has 0 fully saturated rings. The Labute approximate surface area is 145 Å². The van der Waals surface area contributed by atoms with E-state index >= 15 is 0 Å². The van der Waals surface area contributed by atoms with Crippen LogP contribution in [0.25, 0.3) is 16.9 Å². The molecular formula is C21H17N3O. The number of benzene rings is 2. The Morgan fingerprint density at radius 2 is 1.60 bits per heavy atom. The molecular weight excluding hydrogens is 310 g/mol. The monoisotopic (exact) mass is 327 g/mol. The van der Waals surface area contributed by atoms with Gasteiger partial charge >= 0.3 is 0 Å². The van der Waals surface area contributed by atoms with Crippen molar-refractivity contribution in [3.8, 4) is 11.3 Å². The van der Waals surface area contributed by atoms with Crippen LogP contribution in [-0.2, 0) is 6.42 Å². The Morgan fingerprint density at radius 1 is 0.920 bits per heavy atom. The van der Waals surface area contributed by atoms with E-state index in [1.807, 2.05) is 83.4 Å². The van der Waals surface area contributed by atoms with E-state index in [2.05, 4.69) is 4.98 Å². The third kappa shape index (κ3) is 2.90. The highest BCUT2D eigenvalue weighted by Crippen LogP contribution is 2.27. The molecule has 2 aromatic carbocycles. The van der Waals surface area contributed by atoms with Gasteiger partial charge in [-0.05, 0) is 11.6 Å². The highest BCUT2D eigenvalue weighted by atomic mass is 16.1. The number of anilines is 1. The molecule has 0 aliphatic heterocycles. The van der Waals surface area contributed by atoms with Crippen molar-refractivity contribution in [2.24, 2.45) is 0 Å². The molecule has 25 heavy (non-hydrogen) atoms. The maximum absolute atomic E-state index is 12.5. The van der Waals surface area contributed by atoms with Crippen LogP contribution in [0.4, 0.5) is 5.82 Å². The van der Waals surface area contributed by atoms with Gasteiger partial charge in [-0.25, -0.2) is 4.98 Å². The van der Waals surface area contributed by atoms with E-state index in [1.165, 1.54) is 0 Å². The number of hydrogen-bond donors (Lipinski definition) is 1. The van der Waals surface area contributed by atoms with Gasteiger partial charge in [-0.15, -0.1) is 0 Å². The second kappa shape index (κ2) is 6.24. The first kappa shape index (κ1) is 15.1. The molecule has 2 N–H and O–H groups in total. The minimum Gasteiger partial charge on any atom is -0.382 e.